The molecule has 1 unspecified atom stereocenters. The summed E-state index contributed by atoms with van der Waals surface area (Å²) in [5, 5.41) is 14.3. The number of aromatic nitrogens is 1. The first kappa shape index (κ1) is 25.9. The summed E-state index contributed by atoms with van der Waals surface area (Å²) in [5.74, 6) is -0.226. The van der Waals surface area contributed by atoms with Gasteiger partial charge in [0, 0.05) is 16.9 Å². The van der Waals surface area contributed by atoms with Crippen LogP contribution in [0.15, 0.2) is 64.0 Å². The number of hydrogen-bond donors (Lipinski definition) is 1. The predicted molar refractivity (Wildman–Crippen MR) is 138 cm³/mol. The Morgan fingerprint density at radius 1 is 1.17 bits per heavy atom. The van der Waals surface area contributed by atoms with Gasteiger partial charge in [0.15, 0.2) is 5.58 Å². The van der Waals surface area contributed by atoms with Gasteiger partial charge in [0.05, 0.1) is 39.1 Å². The van der Waals surface area contributed by atoms with Crippen molar-refractivity contribution in [2.75, 3.05) is 12.4 Å². The second kappa shape index (κ2) is 11.7. The fourth-order valence-corrected chi connectivity index (χ4v) is 5.53. The highest BCUT2D eigenvalue weighted by molar-refractivity contribution is 7.85. The third kappa shape index (κ3) is 5.94. The Labute approximate surface area is 215 Å². The number of aliphatic carboxylic acids is 1. The van der Waals surface area contributed by atoms with Crippen molar-refractivity contribution in [1.29, 1.82) is 0 Å². The van der Waals surface area contributed by atoms with Gasteiger partial charge in [-0.15, -0.1) is 0 Å². The lowest BCUT2D eigenvalue weighted by Gasteiger charge is -2.12. The van der Waals surface area contributed by atoms with E-state index >= 15 is 0 Å². The molecule has 1 atom stereocenters. The average Bonchev–Trinajstić information content (AvgIpc) is 3.27. The molecule has 9 heteroatoms. The van der Waals surface area contributed by atoms with E-state index in [1.807, 2.05) is 12.1 Å². The minimum absolute atomic E-state index is 0.137. The molecule has 0 aliphatic carbocycles. The fraction of sp³-hybridized carbons (Fsp3) is 0.259. The minimum Gasteiger partial charge on any atom is -0.493 e. The number of fused-ring (bicyclic) bond motifs is 1. The van der Waals surface area contributed by atoms with Gasteiger partial charge in [0.2, 0.25) is 0 Å². The third-order valence-corrected chi connectivity index (χ3v) is 7.58. The SMILES string of the molecule is CCCc1c(OCCCS(=O)c2ccc(CC(=O)O)cc2Cl)ccc2c(-c3ccc(F)cc3)noc12. The van der Waals surface area contributed by atoms with E-state index in [1.165, 1.54) is 12.1 Å². The maximum absolute atomic E-state index is 13.3. The number of halogens is 2. The lowest BCUT2D eigenvalue weighted by Crippen LogP contribution is -2.07. The Morgan fingerprint density at radius 2 is 1.94 bits per heavy atom. The summed E-state index contributed by atoms with van der Waals surface area (Å²) in [7, 11) is -1.34. The number of ether oxygens (including phenoxy) is 1. The summed E-state index contributed by atoms with van der Waals surface area (Å²) in [4.78, 5) is 11.3. The smallest absolute Gasteiger partial charge is 0.307 e. The predicted octanol–water partition coefficient (Wildman–Crippen LogP) is 6.44. The van der Waals surface area contributed by atoms with E-state index in [1.54, 1.807) is 30.3 Å². The van der Waals surface area contributed by atoms with Crippen LogP contribution in [-0.4, -0.2) is 32.8 Å². The van der Waals surface area contributed by atoms with Crippen molar-refractivity contribution in [3.63, 3.8) is 0 Å². The molecule has 0 saturated heterocycles. The molecule has 188 valence electrons. The largest absolute Gasteiger partial charge is 0.493 e. The van der Waals surface area contributed by atoms with E-state index in [9.17, 15) is 13.4 Å². The highest BCUT2D eigenvalue weighted by Crippen LogP contribution is 2.35. The Balaban J connectivity index is 1.43. The van der Waals surface area contributed by atoms with Crippen LogP contribution in [0.4, 0.5) is 4.39 Å². The molecule has 6 nitrogen and oxygen atoms in total. The highest BCUT2D eigenvalue weighted by atomic mass is 35.5. The van der Waals surface area contributed by atoms with Crippen LogP contribution < -0.4 is 4.74 Å². The number of aryl methyl sites for hydroxylation is 1. The van der Waals surface area contributed by atoms with Gasteiger partial charge in [-0.05, 0) is 66.9 Å². The first-order valence-electron chi connectivity index (χ1n) is 11.6. The molecule has 3 aromatic carbocycles. The van der Waals surface area contributed by atoms with Crippen molar-refractivity contribution in [1.82, 2.24) is 5.16 Å². The van der Waals surface area contributed by atoms with Crippen LogP contribution in [0, 0.1) is 5.82 Å². The van der Waals surface area contributed by atoms with Crippen molar-refractivity contribution < 1.29 is 27.8 Å². The quantitative estimate of drug-likeness (QED) is 0.225. The Hall–Kier alpha value is -3.23. The van der Waals surface area contributed by atoms with Crippen LogP contribution in [0.5, 0.6) is 5.75 Å². The van der Waals surface area contributed by atoms with E-state index in [-0.39, 0.29) is 12.2 Å². The van der Waals surface area contributed by atoms with E-state index < -0.39 is 16.8 Å². The van der Waals surface area contributed by atoms with Crippen LogP contribution in [-0.2, 0) is 28.4 Å². The molecule has 0 aliphatic rings. The molecule has 0 saturated carbocycles. The first-order chi connectivity index (χ1) is 17.4. The van der Waals surface area contributed by atoms with Crippen molar-refractivity contribution in [2.45, 2.75) is 37.5 Å². The van der Waals surface area contributed by atoms with Gasteiger partial charge in [0.25, 0.3) is 0 Å². The number of nitrogens with zero attached hydrogens (tertiary/aromatic N) is 1. The molecule has 0 fully saturated rings. The summed E-state index contributed by atoms with van der Waals surface area (Å²) in [5.41, 5.74) is 3.53. The maximum atomic E-state index is 13.3. The molecule has 0 amide bonds. The van der Waals surface area contributed by atoms with Crippen molar-refractivity contribution in [3.05, 3.63) is 76.6 Å². The lowest BCUT2D eigenvalue weighted by molar-refractivity contribution is -0.136. The number of carbonyl (C=O) groups is 1. The van der Waals surface area contributed by atoms with Gasteiger partial charge in [-0.1, -0.05) is 36.2 Å². The van der Waals surface area contributed by atoms with Crippen LogP contribution in [0.3, 0.4) is 0 Å². The Bertz CT molecular complexity index is 1400. The molecule has 0 radical (unpaired) electrons. The van der Waals surface area contributed by atoms with Gasteiger partial charge >= 0.3 is 5.97 Å². The summed E-state index contributed by atoms with van der Waals surface area (Å²) in [6.45, 7) is 2.41. The minimum atomic E-state index is -1.34. The fourth-order valence-electron chi connectivity index (χ4n) is 3.97. The topological polar surface area (TPSA) is 89.6 Å². The second-order valence-electron chi connectivity index (χ2n) is 8.29. The molecule has 4 rings (SSSR count). The first-order valence-corrected chi connectivity index (χ1v) is 13.3. The second-order valence-corrected chi connectivity index (χ2v) is 10.2. The van der Waals surface area contributed by atoms with Crippen LogP contribution in [0.1, 0.15) is 30.9 Å². The highest BCUT2D eigenvalue weighted by Gasteiger charge is 2.18. The van der Waals surface area contributed by atoms with Gasteiger partial charge in [-0.2, -0.15) is 0 Å². The molecule has 36 heavy (non-hydrogen) atoms. The van der Waals surface area contributed by atoms with Gasteiger partial charge in [0.1, 0.15) is 17.3 Å². The lowest BCUT2D eigenvalue weighted by atomic mass is 10.0. The number of carboxylic acids is 1. The molecule has 0 aliphatic heterocycles. The average molecular weight is 530 g/mol. The van der Waals surface area contributed by atoms with Gasteiger partial charge in [-0.25, -0.2) is 4.39 Å². The number of rotatable bonds is 11. The molecular formula is C27H25ClFNO5S. The van der Waals surface area contributed by atoms with Crippen molar-refractivity contribution in [2.24, 2.45) is 0 Å². The zero-order chi connectivity index (χ0) is 25.7. The van der Waals surface area contributed by atoms with E-state index in [4.69, 9.17) is 26.0 Å². The van der Waals surface area contributed by atoms with Crippen LogP contribution in [0.25, 0.3) is 22.2 Å². The summed E-state index contributed by atoms with van der Waals surface area (Å²) in [6, 6.07) is 14.7. The van der Waals surface area contributed by atoms with Crippen molar-refractivity contribution in [3.8, 4) is 17.0 Å². The zero-order valence-corrected chi connectivity index (χ0v) is 21.2. The molecule has 1 N–H and O–H groups in total. The van der Waals surface area contributed by atoms with Crippen LogP contribution in [0.2, 0.25) is 5.02 Å². The maximum Gasteiger partial charge on any atom is 0.307 e. The normalized spacial score (nSPS) is 12.1. The zero-order valence-electron chi connectivity index (χ0n) is 19.6. The third-order valence-electron chi connectivity index (χ3n) is 5.65. The monoisotopic (exact) mass is 529 g/mol. The number of carboxylic acid groups (broad SMARTS) is 1. The molecule has 0 spiro atoms. The summed E-state index contributed by atoms with van der Waals surface area (Å²) >= 11 is 6.23. The summed E-state index contributed by atoms with van der Waals surface area (Å²) < 4.78 is 37.8. The van der Waals surface area contributed by atoms with Crippen molar-refractivity contribution >= 4 is 39.3 Å². The van der Waals surface area contributed by atoms with E-state index in [2.05, 4.69) is 12.1 Å². The number of benzene rings is 3. The Kier molecular flexibility index (Phi) is 8.38. The molecule has 4 aromatic rings. The molecule has 1 heterocycles. The van der Waals surface area contributed by atoms with Crippen LogP contribution >= 0.6 is 11.6 Å². The van der Waals surface area contributed by atoms with Gasteiger partial charge in [-0.3, -0.25) is 9.00 Å². The molecule has 0 bridgehead atoms. The van der Waals surface area contributed by atoms with E-state index in [0.29, 0.717) is 51.3 Å². The molecule has 1 aromatic heterocycles. The van der Waals surface area contributed by atoms with Gasteiger partial charge < -0.3 is 14.4 Å². The molecular weight excluding hydrogens is 505 g/mol. The summed E-state index contributed by atoms with van der Waals surface area (Å²) in [6.07, 6.45) is 2.00. The Morgan fingerprint density at radius 3 is 2.64 bits per heavy atom. The number of hydrogen-bond acceptors (Lipinski definition) is 5. The standard InChI is InChI=1S/C27H25ClFNO5S/c1-2-4-20-23(11-10-21-26(30-35-27(20)21)18-6-8-19(29)9-7-18)34-13-3-14-36(33)24-12-5-17(15-22(24)28)16-25(31)32/h5-12,15H,2-4,13-14,16H2,1H3,(H,31,32). The van der Waals surface area contributed by atoms with E-state index in [0.717, 1.165) is 29.4 Å².